The summed E-state index contributed by atoms with van der Waals surface area (Å²) in [5.74, 6) is 1.20. The molecule has 0 radical (unpaired) electrons. The smallest absolute Gasteiger partial charge is 0.156 e. The van der Waals surface area contributed by atoms with Crippen molar-refractivity contribution in [3.05, 3.63) is 11.6 Å². The van der Waals surface area contributed by atoms with Crippen LogP contribution in [0.5, 0.6) is 0 Å². The number of rotatable bonds is 0. The first-order chi connectivity index (χ1) is 5.30. The zero-order valence-corrected chi connectivity index (χ0v) is 6.60. The number of ketones is 1. The van der Waals surface area contributed by atoms with E-state index < -0.39 is 0 Å². The highest BCUT2D eigenvalue weighted by Gasteiger charge is 2.52. The van der Waals surface area contributed by atoms with Gasteiger partial charge in [-0.05, 0) is 43.1 Å². The number of allylic oxidation sites excluding steroid dienone is 2. The second kappa shape index (κ2) is 1.60. The maximum atomic E-state index is 11.2. The minimum absolute atomic E-state index is 0.393. The first-order valence-corrected chi connectivity index (χ1v) is 4.55. The van der Waals surface area contributed by atoms with Crippen LogP contribution >= 0.6 is 0 Å². The molecule has 0 unspecified atom stereocenters. The molecule has 0 aromatic carbocycles. The molecule has 1 nitrogen and oxygen atoms in total. The van der Waals surface area contributed by atoms with Gasteiger partial charge in [-0.1, -0.05) is 5.57 Å². The van der Waals surface area contributed by atoms with Crippen LogP contribution < -0.4 is 0 Å². The molecule has 2 bridgehead atoms. The number of hydrogen-bond donors (Lipinski definition) is 0. The molecule has 2 fully saturated rings. The summed E-state index contributed by atoms with van der Waals surface area (Å²) in [5.41, 5.74) is 1.93. The average molecular weight is 148 g/mol. The molecule has 58 valence electrons. The molecule has 3 rings (SSSR count). The summed E-state index contributed by atoms with van der Waals surface area (Å²) in [6.07, 6.45) is 8.12. The highest BCUT2D eigenvalue weighted by Crippen LogP contribution is 2.62. The van der Waals surface area contributed by atoms with E-state index in [9.17, 15) is 4.79 Å². The minimum Gasteiger partial charge on any atom is -0.295 e. The van der Waals surface area contributed by atoms with E-state index in [0.29, 0.717) is 11.2 Å². The lowest BCUT2D eigenvalue weighted by atomic mass is 9.82. The van der Waals surface area contributed by atoms with Crippen molar-refractivity contribution < 1.29 is 4.79 Å². The van der Waals surface area contributed by atoms with Gasteiger partial charge in [0.25, 0.3) is 0 Å². The largest absolute Gasteiger partial charge is 0.295 e. The van der Waals surface area contributed by atoms with Gasteiger partial charge in [-0.2, -0.15) is 0 Å². The monoisotopic (exact) mass is 148 g/mol. The van der Waals surface area contributed by atoms with Crippen molar-refractivity contribution in [2.45, 2.75) is 32.1 Å². The predicted octanol–water partition coefficient (Wildman–Crippen LogP) is 2.08. The Labute approximate surface area is 66.5 Å². The minimum atomic E-state index is 0.393. The first-order valence-electron chi connectivity index (χ1n) is 4.55. The Morgan fingerprint density at radius 1 is 1.36 bits per heavy atom. The van der Waals surface area contributed by atoms with Crippen LogP contribution in [0.3, 0.4) is 0 Å². The zero-order valence-electron chi connectivity index (χ0n) is 6.60. The van der Waals surface area contributed by atoms with Gasteiger partial charge in [0, 0.05) is 6.42 Å². The Morgan fingerprint density at radius 3 is 2.73 bits per heavy atom. The molecule has 0 N–H and O–H groups in total. The zero-order chi connectivity index (χ0) is 7.47. The van der Waals surface area contributed by atoms with Crippen LogP contribution in [0.15, 0.2) is 11.6 Å². The van der Waals surface area contributed by atoms with E-state index in [2.05, 4.69) is 0 Å². The van der Waals surface area contributed by atoms with Gasteiger partial charge in [0.2, 0.25) is 0 Å². The fraction of sp³-hybridized carbons (Fsp3) is 0.700. The number of hydrogen-bond acceptors (Lipinski definition) is 1. The first kappa shape index (κ1) is 5.99. The van der Waals surface area contributed by atoms with Crippen molar-refractivity contribution in [1.29, 1.82) is 0 Å². The van der Waals surface area contributed by atoms with Crippen molar-refractivity contribution >= 4 is 5.78 Å². The molecule has 0 aromatic rings. The summed E-state index contributed by atoms with van der Waals surface area (Å²) in [4.78, 5) is 11.2. The van der Waals surface area contributed by atoms with Gasteiger partial charge in [0.1, 0.15) is 0 Å². The van der Waals surface area contributed by atoms with Crippen LogP contribution in [0.2, 0.25) is 0 Å². The molecular formula is C10H12O. The molecule has 0 aromatic heterocycles. The van der Waals surface area contributed by atoms with E-state index in [1.54, 1.807) is 0 Å². The summed E-state index contributed by atoms with van der Waals surface area (Å²) < 4.78 is 0. The lowest BCUT2D eigenvalue weighted by Gasteiger charge is -2.21. The Kier molecular flexibility index (Phi) is 0.869. The van der Waals surface area contributed by atoms with Gasteiger partial charge in [-0.15, -0.1) is 0 Å². The summed E-state index contributed by atoms with van der Waals surface area (Å²) in [6, 6.07) is 0. The maximum Gasteiger partial charge on any atom is 0.156 e. The highest BCUT2D eigenvalue weighted by molar-refractivity contribution is 5.95. The Bertz CT molecular complexity index is 254. The predicted molar refractivity (Wildman–Crippen MR) is 42.1 cm³/mol. The van der Waals surface area contributed by atoms with Crippen LogP contribution in [0.4, 0.5) is 0 Å². The Balaban J connectivity index is 2.15. The molecule has 0 spiro atoms. The van der Waals surface area contributed by atoms with Crippen LogP contribution in [0.25, 0.3) is 0 Å². The molecular weight excluding hydrogens is 136 g/mol. The molecule has 2 saturated carbocycles. The molecule has 11 heavy (non-hydrogen) atoms. The number of carbonyl (C=O) groups is 1. The summed E-state index contributed by atoms with van der Waals surface area (Å²) in [5, 5.41) is 0. The van der Waals surface area contributed by atoms with Crippen molar-refractivity contribution in [1.82, 2.24) is 0 Å². The number of carbonyl (C=O) groups excluding carboxylic acids is 1. The van der Waals surface area contributed by atoms with Crippen molar-refractivity contribution in [2.24, 2.45) is 11.3 Å². The third-order valence-electron chi connectivity index (χ3n) is 3.82. The maximum absolute atomic E-state index is 11.2. The average Bonchev–Trinajstić information content (AvgIpc) is 2.50. The van der Waals surface area contributed by atoms with E-state index in [4.69, 9.17) is 0 Å². The van der Waals surface area contributed by atoms with Crippen molar-refractivity contribution in [2.75, 3.05) is 0 Å². The van der Waals surface area contributed by atoms with E-state index >= 15 is 0 Å². The lowest BCUT2D eigenvalue weighted by Crippen LogP contribution is -2.13. The standard InChI is InChI=1S/C10H12O/c11-8-5-9-7-1-3-10(9,6-8)4-2-7/h5,7H,1-4,6H2. The van der Waals surface area contributed by atoms with Crippen molar-refractivity contribution in [3.63, 3.8) is 0 Å². The van der Waals surface area contributed by atoms with Gasteiger partial charge in [0.15, 0.2) is 5.78 Å². The van der Waals surface area contributed by atoms with E-state index in [1.165, 1.54) is 31.3 Å². The van der Waals surface area contributed by atoms with Crippen molar-refractivity contribution in [3.8, 4) is 0 Å². The third kappa shape index (κ3) is 0.559. The van der Waals surface area contributed by atoms with E-state index in [1.807, 2.05) is 6.08 Å². The summed E-state index contributed by atoms with van der Waals surface area (Å²) in [7, 11) is 0. The van der Waals surface area contributed by atoms with Crippen LogP contribution in [-0.4, -0.2) is 5.78 Å². The Morgan fingerprint density at radius 2 is 2.09 bits per heavy atom. The Hall–Kier alpha value is -0.590. The molecule has 3 aliphatic carbocycles. The molecule has 0 atom stereocenters. The van der Waals surface area contributed by atoms with Crippen LogP contribution in [0, 0.1) is 11.3 Å². The van der Waals surface area contributed by atoms with Gasteiger partial charge in [-0.3, -0.25) is 4.79 Å². The third-order valence-corrected chi connectivity index (χ3v) is 3.82. The summed E-state index contributed by atoms with van der Waals surface area (Å²) >= 11 is 0. The van der Waals surface area contributed by atoms with E-state index in [0.717, 1.165) is 12.3 Å². The molecule has 3 aliphatic rings. The fourth-order valence-electron chi connectivity index (χ4n) is 3.31. The van der Waals surface area contributed by atoms with E-state index in [-0.39, 0.29) is 0 Å². The molecule has 0 heterocycles. The topological polar surface area (TPSA) is 17.1 Å². The molecule has 1 heteroatoms. The molecule has 0 aliphatic heterocycles. The molecule has 0 amide bonds. The van der Waals surface area contributed by atoms with Crippen LogP contribution in [0.1, 0.15) is 32.1 Å². The van der Waals surface area contributed by atoms with Gasteiger partial charge < -0.3 is 0 Å². The molecule has 0 saturated heterocycles. The lowest BCUT2D eigenvalue weighted by molar-refractivity contribution is -0.115. The fourth-order valence-corrected chi connectivity index (χ4v) is 3.31. The van der Waals surface area contributed by atoms with Crippen LogP contribution in [-0.2, 0) is 4.79 Å². The van der Waals surface area contributed by atoms with Gasteiger partial charge in [0.05, 0.1) is 0 Å². The quantitative estimate of drug-likeness (QED) is 0.514. The normalized spacial score (nSPS) is 46.4. The van der Waals surface area contributed by atoms with Gasteiger partial charge >= 0.3 is 0 Å². The second-order valence-electron chi connectivity index (χ2n) is 4.30. The summed E-state index contributed by atoms with van der Waals surface area (Å²) in [6.45, 7) is 0. The second-order valence-corrected chi connectivity index (χ2v) is 4.30. The van der Waals surface area contributed by atoms with Gasteiger partial charge in [-0.25, -0.2) is 0 Å². The SMILES string of the molecule is O=C1C=C2C3CCC2(CC3)C1. The highest BCUT2D eigenvalue weighted by atomic mass is 16.1.